The molecule has 0 aromatic heterocycles. The summed E-state index contributed by atoms with van der Waals surface area (Å²) in [6, 6.07) is 13.3. The number of hydrogen-bond acceptors (Lipinski definition) is 4. The van der Waals surface area contributed by atoms with Crippen LogP contribution in [0.5, 0.6) is 5.75 Å². The predicted octanol–water partition coefficient (Wildman–Crippen LogP) is 2.86. The number of benzene rings is 2. The van der Waals surface area contributed by atoms with Crippen molar-refractivity contribution in [2.45, 2.75) is 11.5 Å². The molecule has 0 aliphatic carbocycles. The van der Waals surface area contributed by atoms with Gasteiger partial charge in [-0.3, -0.25) is 14.5 Å². The third-order valence-electron chi connectivity index (χ3n) is 5.68. The second kappa shape index (κ2) is 4.93. The molecule has 3 heterocycles. The molecule has 1 amide bonds. The van der Waals surface area contributed by atoms with Gasteiger partial charge in [0.25, 0.3) is 0 Å². The summed E-state index contributed by atoms with van der Waals surface area (Å²) in [5, 5.41) is 3.01. The molecule has 5 nitrogen and oxygen atoms in total. The van der Waals surface area contributed by atoms with E-state index in [1.165, 1.54) is 0 Å². The predicted molar refractivity (Wildman–Crippen MR) is 95.4 cm³/mol. The minimum atomic E-state index is -0.893. The number of nitrogens with one attached hydrogen (secondary N) is 1. The van der Waals surface area contributed by atoms with Gasteiger partial charge in [-0.05, 0) is 31.3 Å². The molecule has 1 N–H and O–H groups in total. The van der Waals surface area contributed by atoms with Crippen LogP contribution < -0.4 is 10.1 Å². The molecular formula is C19H15BrN2O3. The van der Waals surface area contributed by atoms with Crippen LogP contribution in [-0.2, 0) is 15.1 Å². The molecule has 6 heteroatoms. The molecular weight excluding hydrogens is 384 g/mol. The van der Waals surface area contributed by atoms with Gasteiger partial charge >= 0.3 is 5.97 Å². The van der Waals surface area contributed by atoms with Crippen LogP contribution in [0.15, 0.2) is 46.9 Å². The maximum absolute atomic E-state index is 13.2. The zero-order chi connectivity index (χ0) is 17.3. The van der Waals surface area contributed by atoms with Gasteiger partial charge in [0.2, 0.25) is 5.91 Å². The van der Waals surface area contributed by atoms with Gasteiger partial charge in [0, 0.05) is 33.7 Å². The number of nitrogens with zero attached hydrogens (tertiary/aromatic N) is 1. The standard InChI is InChI=1S/C19H15BrN2O3/c1-22-9-12-16(11-8-10(20)6-7-15(11)25-17(12)23)19(22)13-4-2-3-5-14(13)21-18(19)24/h2-8,12,16H,9H2,1H3,(H,21,24)/t12-,16-,19+/m1/s1. The van der Waals surface area contributed by atoms with Gasteiger partial charge in [0.05, 0.1) is 5.92 Å². The summed E-state index contributed by atoms with van der Waals surface area (Å²) in [7, 11) is 1.91. The van der Waals surface area contributed by atoms with E-state index in [1.807, 2.05) is 48.3 Å². The molecule has 1 saturated heterocycles. The molecule has 25 heavy (non-hydrogen) atoms. The van der Waals surface area contributed by atoms with Crippen LogP contribution in [0, 0.1) is 5.92 Å². The topological polar surface area (TPSA) is 58.6 Å². The molecule has 0 saturated carbocycles. The van der Waals surface area contributed by atoms with Gasteiger partial charge in [-0.15, -0.1) is 0 Å². The van der Waals surface area contributed by atoms with Crippen molar-refractivity contribution in [1.29, 1.82) is 0 Å². The monoisotopic (exact) mass is 398 g/mol. The van der Waals surface area contributed by atoms with Gasteiger partial charge in [0.15, 0.2) is 0 Å². The summed E-state index contributed by atoms with van der Waals surface area (Å²) >= 11 is 3.51. The van der Waals surface area contributed by atoms with Crippen molar-refractivity contribution in [2.24, 2.45) is 5.92 Å². The number of rotatable bonds is 0. The van der Waals surface area contributed by atoms with Gasteiger partial charge < -0.3 is 10.1 Å². The Morgan fingerprint density at radius 1 is 1.24 bits per heavy atom. The highest BCUT2D eigenvalue weighted by Gasteiger charge is 2.65. The lowest BCUT2D eigenvalue weighted by molar-refractivity contribution is -0.140. The highest BCUT2D eigenvalue weighted by Crippen LogP contribution is 2.59. The van der Waals surface area contributed by atoms with E-state index in [2.05, 4.69) is 21.2 Å². The number of likely N-dealkylation sites (tertiary alicyclic amines) is 1. The Balaban J connectivity index is 1.82. The number of halogens is 1. The summed E-state index contributed by atoms with van der Waals surface area (Å²) in [5.41, 5.74) is 1.75. The van der Waals surface area contributed by atoms with Crippen molar-refractivity contribution in [3.63, 3.8) is 0 Å². The van der Waals surface area contributed by atoms with E-state index in [0.29, 0.717) is 12.3 Å². The first kappa shape index (κ1) is 15.1. The minimum Gasteiger partial charge on any atom is -0.426 e. The van der Waals surface area contributed by atoms with Gasteiger partial charge in [-0.2, -0.15) is 0 Å². The number of fused-ring (bicyclic) bond motifs is 6. The second-order valence-electron chi connectivity index (χ2n) is 6.83. The molecule has 126 valence electrons. The molecule has 3 atom stereocenters. The number of esters is 1. The molecule has 3 aliphatic heterocycles. The summed E-state index contributed by atoms with van der Waals surface area (Å²) < 4.78 is 6.46. The van der Waals surface area contributed by atoms with Crippen molar-refractivity contribution in [3.8, 4) is 5.75 Å². The lowest BCUT2D eigenvalue weighted by Gasteiger charge is -2.38. The third-order valence-corrected chi connectivity index (χ3v) is 6.17. The molecule has 2 aromatic rings. The molecule has 2 aromatic carbocycles. The van der Waals surface area contributed by atoms with Crippen molar-refractivity contribution >= 4 is 33.5 Å². The van der Waals surface area contributed by atoms with Crippen LogP contribution >= 0.6 is 15.9 Å². The van der Waals surface area contributed by atoms with E-state index in [9.17, 15) is 9.59 Å². The van der Waals surface area contributed by atoms with Crippen LogP contribution in [0.4, 0.5) is 5.69 Å². The fourth-order valence-corrected chi connectivity index (χ4v) is 5.10. The van der Waals surface area contributed by atoms with Gasteiger partial charge in [0.1, 0.15) is 11.3 Å². The second-order valence-corrected chi connectivity index (χ2v) is 7.75. The number of para-hydroxylation sites is 1. The highest BCUT2D eigenvalue weighted by atomic mass is 79.9. The number of hydrogen-bond donors (Lipinski definition) is 1. The third kappa shape index (κ3) is 1.76. The number of carbonyl (C=O) groups excluding carboxylic acids is 2. The summed E-state index contributed by atoms with van der Waals surface area (Å²) in [5.74, 6) is -0.454. The summed E-state index contributed by atoms with van der Waals surface area (Å²) in [4.78, 5) is 27.8. The Morgan fingerprint density at radius 3 is 2.88 bits per heavy atom. The van der Waals surface area contributed by atoms with E-state index in [4.69, 9.17) is 4.74 Å². The smallest absolute Gasteiger partial charge is 0.316 e. The highest BCUT2D eigenvalue weighted by molar-refractivity contribution is 9.10. The maximum atomic E-state index is 13.2. The van der Waals surface area contributed by atoms with Gasteiger partial charge in [-0.25, -0.2) is 0 Å². The zero-order valence-electron chi connectivity index (χ0n) is 13.5. The fraction of sp³-hybridized carbons (Fsp3) is 0.263. The quantitative estimate of drug-likeness (QED) is 0.547. The van der Waals surface area contributed by atoms with E-state index in [1.54, 1.807) is 6.07 Å². The lowest BCUT2D eigenvalue weighted by atomic mass is 9.71. The van der Waals surface area contributed by atoms with Crippen molar-refractivity contribution in [1.82, 2.24) is 4.90 Å². The number of anilines is 1. The molecule has 0 unspecified atom stereocenters. The number of amides is 1. The van der Waals surface area contributed by atoms with Crippen LogP contribution in [0.25, 0.3) is 0 Å². The molecule has 0 bridgehead atoms. The van der Waals surface area contributed by atoms with Crippen molar-refractivity contribution in [2.75, 3.05) is 18.9 Å². The molecule has 0 radical (unpaired) electrons. The van der Waals surface area contributed by atoms with E-state index < -0.39 is 5.54 Å². The largest absolute Gasteiger partial charge is 0.426 e. The SMILES string of the molecule is CN1C[C@H]2C(=O)Oc3ccc(Br)cc3[C@H]2[C@@]12C(=O)Nc1ccccc12. The number of carbonyl (C=O) groups is 2. The van der Waals surface area contributed by atoms with E-state index >= 15 is 0 Å². The number of ether oxygens (including phenoxy) is 1. The first-order valence-electron chi connectivity index (χ1n) is 8.17. The average Bonchev–Trinajstić information content (AvgIpc) is 3.06. The van der Waals surface area contributed by atoms with Crippen LogP contribution in [0.3, 0.4) is 0 Å². The lowest BCUT2D eigenvalue weighted by Crippen LogP contribution is -2.49. The van der Waals surface area contributed by atoms with E-state index in [-0.39, 0.29) is 23.7 Å². The summed E-state index contributed by atoms with van der Waals surface area (Å²) in [6.07, 6.45) is 0. The molecule has 1 spiro atoms. The van der Waals surface area contributed by atoms with Crippen molar-refractivity contribution in [3.05, 3.63) is 58.1 Å². The average molecular weight is 399 g/mol. The van der Waals surface area contributed by atoms with E-state index in [0.717, 1.165) is 21.3 Å². The Bertz CT molecular complexity index is 944. The zero-order valence-corrected chi connectivity index (χ0v) is 15.0. The van der Waals surface area contributed by atoms with Crippen LogP contribution in [-0.4, -0.2) is 30.4 Å². The number of likely N-dealkylation sites (N-methyl/N-ethyl adjacent to an activating group) is 1. The van der Waals surface area contributed by atoms with Crippen LogP contribution in [0.1, 0.15) is 17.0 Å². The van der Waals surface area contributed by atoms with Crippen LogP contribution in [0.2, 0.25) is 0 Å². The Kier molecular flexibility index (Phi) is 2.98. The first-order valence-corrected chi connectivity index (χ1v) is 8.96. The Hall–Kier alpha value is -2.18. The summed E-state index contributed by atoms with van der Waals surface area (Å²) in [6.45, 7) is 0.483. The molecule has 5 rings (SSSR count). The molecule has 3 aliphatic rings. The minimum absolute atomic E-state index is 0.0793. The van der Waals surface area contributed by atoms with Gasteiger partial charge in [-0.1, -0.05) is 34.1 Å². The van der Waals surface area contributed by atoms with Crippen molar-refractivity contribution < 1.29 is 14.3 Å². The maximum Gasteiger partial charge on any atom is 0.316 e. The Morgan fingerprint density at radius 2 is 2.04 bits per heavy atom. The normalized spacial score (nSPS) is 29.8. The molecule has 1 fully saturated rings. The first-order chi connectivity index (χ1) is 12.0. The Labute approximate surface area is 153 Å². The fourth-order valence-electron chi connectivity index (χ4n) is 4.72.